The van der Waals surface area contributed by atoms with Crippen molar-refractivity contribution in [1.82, 2.24) is 10.2 Å². The zero-order chi connectivity index (χ0) is 12.1. The molecule has 1 aromatic heterocycles. The highest BCUT2D eigenvalue weighted by atomic mass is 16.5. The van der Waals surface area contributed by atoms with Crippen LogP contribution in [-0.4, -0.2) is 23.1 Å². The molecule has 1 heterocycles. The van der Waals surface area contributed by atoms with Gasteiger partial charge >= 0.3 is 0 Å². The van der Waals surface area contributed by atoms with Crippen molar-refractivity contribution in [1.29, 1.82) is 0 Å². The van der Waals surface area contributed by atoms with E-state index >= 15 is 0 Å². The quantitative estimate of drug-likeness (QED) is 0.596. The molecular formula is C13H18N2O2. The molecule has 1 aliphatic carbocycles. The number of methoxy groups -OCH3 is 1. The first-order chi connectivity index (χ1) is 8.31. The molecule has 0 unspecified atom stereocenters. The summed E-state index contributed by atoms with van der Waals surface area (Å²) in [5.41, 5.74) is 0.470. The maximum Gasteiger partial charge on any atom is 0.233 e. The molecule has 1 fully saturated rings. The fourth-order valence-corrected chi connectivity index (χ4v) is 2.31. The third-order valence-corrected chi connectivity index (χ3v) is 3.33. The monoisotopic (exact) mass is 234 g/mol. The van der Waals surface area contributed by atoms with Crippen molar-refractivity contribution in [3.8, 4) is 5.88 Å². The molecule has 0 aromatic carbocycles. The van der Waals surface area contributed by atoms with Crippen LogP contribution in [0.2, 0.25) is 0 Å². The first-order valence-corrected chi connectivity index (χ1v) is 6.23. The Labute approximate surface area is 101 Å². The van der Waals surface area contributed by atoms with Crippen molar-refractivity contribution in [2.45, 2.75) is 38.5 Å². The highest BCUT2D eigenvalue weighted by Crippen LogP contribution is 2.25. The molecule has 0 aliphatic heterocycles. The largest absolute Gasteiger partial charge is 0.480 e. The molecule has 2 rings (SSSR count). The van der Waals surface area contributed by atoms with Crippen LogP contribution in [0.3, 0.4) is 0 Å². The number of aromatic nitrogens is 2. The van der Waals surface area contributed by atoms with E-state index in [1.807, 2.05) is 0 Å². The van der Waals surface area contributed by atoms with E-state index in [0.717, 1.165) is 25.7 Å². The molecule has 0 bridgehead atoms. The summed E-state index contributed by atoms with van der Waals surface area (Å²) >= 11 is 0. The normalized spacial score (nSPS) is 17.5. The number of carbonyl (C=O) groups is 1. The Kier molecular flexibility index (Phi) is 4.07. The second-order valence-corrected chi connectivity index (χ2v) is 4.51. The minimum Gasteiger partial charge on any atom is -0.480 e. The van der Waals surface area contributed by atoms with Gasteiger partial charge in [0.2, 0.25) is 5.88 Å². The summed E-state index contributed by atoms with van der Waals surface area (Å²) in [7, 11) is 1.54. The Morgan fingerprint density at radius 3 is 2.41 bits per heavy atom. The lowest BCUT2D eigenvalue weighted by atomic mass is 9.93. The minimum absolute atomic E-state index is 0.139. The lowest BCUT2D eigenvalue weighted by molar-refractivity contribution is 0.0901. The molecule has 0 saturated heterocycles. The van der Waals surface area contributed by atoms with Crippen LogP contribution in [0.1, 0.15) is 49.0 Å². The molecule has 0 spiro atoms. The Morgan fingerprint density at radius 2 is 1.88 bits per heavy atom. The maximum atomic E-state index is 12.2. The molecular weight excluding hydrogens is 216 g/mol. The number of nitrogens with zero attached hydrogens (tertiary/aromatic N) is 2. The summed E-state index contributed by atoms with van der Waals surface area (Å²) in [5.74, 6) is 0.727. The third kappa shape index (κ3) is 3.02. The van der Waals surface area contributed by atoms with Crippen LogP contribution >= 0.6 is 0 Å². The van der Waals surface area contributed by atoms with Gasteiger partial charge in [0.15, 0.2) is 5.78 Å². The maximum absolute atomic E-state index is 12.2. The second-order valence-electron chi connectivity index (χ2n) is 4.51. The summed E-state index contributed by atoms with van der Waals surface area (Å²) in [4.78, 5) is 12.2. The molecule has 4 heteroatoms. The first kappa shape index (κ1) is 12.0. The van der Waals surface area contributed by atoms with Gasteiger partial charge in [0.05, 0.1) is 7.11 Å². The van der Waals surface area contributed by atoms with Crippen molar-refractivity contribution < 1.29 is 9.53 Å². The van der Waals surface area contributed by atoms with Gasteiger partial charge in [-0.15, -0.1) is 10.2 Å². The fourth-order valence-electron chi connectivity index (χ4n) is 2.31. The van der Waals surface area contributed by atoms with Gasteiger partial charge in [-0.25, -0.2) is 0 Å². The summed E-state index contributed by atoms with van der Waals surface area (Å²) in [6.07, 6.45) is 6.79. The Balaban J connectivity index is 2.06. The fraction of sp³-hybridized carbons (Fsp3) is 0.615. The van der Waals surface area contributed by atoms with Crippen LogP contribution in [0.15, 0.2) is 12.1 Å². The third-order valence-electron chi connectivity index (χ3n) is 3.33. The molecule has 0 atom stereocenters. The number of ether oxygens (including phenoxy) is 1. The summed E-state index contributed by atoms with van der Waals surface area (Å²) in [6.45, 7) is 0. The molecule has 17 heavy (non-hydrogen) atoms. The number of Topliss-reactive ketones (excluding diaryl/α,β-unsaturated/α-hetero) is 1. The number of carbonyl (C=O) groups excluding carboxylic acids is 1. The van der Waals surface area contributed by atoms with Crippen LogP contribution < -0.4 is 4.74 Å². The van der Waals surface area contributed by atoms with Gasteiger partial charge in [0, 0.05) is 12.0 Å². The van der Waals surface area contributed by atoms with Gasteiger partial charge in [0.25, 0.3) is 0 Å². The van der Waals surface area contributed by atoms with Gasteiger partial charge < -0.3 is 4.74 Å². The van der Waals surface area contributed by atoms with E-state index in [-0.39, 0.29) is 11.7 Å². The van der Waals surface area contributed by atoms with Crippen LogP contribution in [0, 0.1) is 5.92 Å². The van der Waals surface area contributed by atoms with Crippen molar-refractivity contribution in [3.63, 3.8) is 0 Å². The van der Waals surface area contributed by atoms with Crippen molar-refractivity contribution in [2.24, 2.45) is 5.92 Å². The number of rotatable bonds is 3. The molecule has 0 N–H and O–H groups in total. The Morgan fingerprint density at radius 1 is 1.18 bits per heavy atom. The van der Waals surface area contributed by atoms with Gasteiger partial charge in [0.1, 0.15) is 5.69 Å². The van der Waals surface area contributed by atoms with E-state index in [0.29, 0.717) is 11.6 Å². The van der Waals surface area contributed by atoms with E-state index in [2.05, 4.69) is 10.2 Å². The number of ketones is 1. The van der Waals surface area contributed by atoms with Crippen LogP contribution in [0.25, 0.3) is 0 Å². The average molecular weight is 234 g/mol. The SMILES string of the molecule is COc1ccc(C(=O)C2CCCCCC2)nn1. The standard InChI is InChI=1S/C13H18N2O2/c1-17-12-9-8-11(14-15-12)13(16)10-6-4-2-3-5-7-10/h8-10H,2-7H2,1H3. The summed E-state index contributed by atoms with van der Waals surface area (Å²) < 4.78 is 4.93. The molecule has 0 radical (unpaired) electrons. The van der Waals surface area contributed by atoms with Crippen molar-refractivity contribution in [3.05, 3.63) is 17.8 Å². The van der Waals surface area contributed by atoms with Gasteiger partial charge in [-0.3, -0.25) is 4.79 Å². The molecule has 92 valence electrons. The van der Waals surface area contributed by atoms with E-state index in [4.69, 9.17) is 4.74 Å². The lowest BCUT2D eigenvalue weighted by Crippen LogP contribution is -2.16. The summed E-state index contributed by atoms with van der Waals surface area (Å²) in [5, 5.41) is 7.77. The van der Waals surface area contributed by atoms with Gasteiger partial charge in [-0.1, -0.05) is 25.7 Å². The van der Waals surface area contributed by atoms with E-state index in [1.54, 1.807) is 12.1 Å². The van der Waals surface area contributed by atoms with E-state index in [1.165, 1.54) is 20.0 Å². The molecule has 1 aliphatic rings. The lowest BCUT2D eigenvalue weighted by Gasteiger charge is -2.11. The molecule has 0 amide bonds. The number of hydrogen-bond donors (Lipinski definition) is 0. The van der Waals surface area contributed by atoms with Crippen LogP contribution in [0.4, 0.5) is 0 Å². The average Bonchev–Trinajstić information content (AvgIpc) is 2.67. The Hall–Kier alpha value is -1.45. The van der Waals surface area contributed by atoms with Crippen molar-refractivity contribution in [2.75, 3.05) is 7.11 Å². The zero-order valence-corrected chi connectivity index (χ0v) is 10.2. The molecule has 4 nitrogen and oxygen atoms in total. The number of hydrogen-bond acceptors (Lipinski definition) is 4. The Bertz CT molecular complexity index is 368. The van der Waals surface area contributed by atoms with E-state index < -0.39 is 0 Å². The molecule has 1 saturated carbocycles. The van der Waals surface area contributed by atoms with E-state index in [9.17, 15) is 4.79 Å². The predicted molar refractivity (Wildman–Crippen MR) is 64.1 cm³/mol. The zero-order valence-electron chi connectivity index (χ0n) is 10.2. The minimum atomic E-state index is 0.139. The summed E-state index contributed by atoms with van der Waals surface area (Å²) in [6, 6.07) is 3.40. The van der Waals surface area contributed by atoms with Gasteiger partial charge in [-0.2, -0.15) is 0 Å². The van der Waals surface area contributed by atoms with Gasteiger partial charge in [-0.05, 0) is 18.9 Å². The predicted octanol–water partition coefficient (Wildman–Crippen LogP) is 2.64. The highest BCUT2D eigenvalue weighted by Gasteiger charge is 2.22. The van der Waals surface area contributed by atoms with Crippen molar-refractivity contribution >= 4 is 5.78 Å². The molecule has 1 aromatic rings. The smallest absolute Gasteiger partial charge is 0.233 e. The first-order valence-electron chi connectivity index (χ1n) is 6.23. The highest BCUT2D eigenvalue weighted by molar-refractivity contribution is 5.95. The second kappa shape index (κ2) is 5.75. The topological polar surface area (TPSA) is 52.1 Å². The van der Waals surface area contributed by atoms with Crippen LogP contribution in [0.5, 0.6) is 5.88 Å². The van der Waals surface area contributed by atoms with Crippen LogP contribution in [-0.2, 0) is 0 Å².